The molecule has 0 aliphatic rings. The smallest absolute Gasteiger partial charge is 0.273 e. The normalized spacial score (nSPS) is 10.9. The maximum absolute atomic E-state index is 12.5. The number of hydrogen-bond donors (Lipinski definition) is 1. The Bertz CT molecular complexity index is 1330. The first-order chi connectivity index (χ1) is 16.0. The Morgan fingerprint density at radius 2 is 1.82 bits per heavy atom. The van der Waals surface area contributed by atoms with Crippen molar-refractivity contribution < 1.29 is 14.5 Å². The number of rotatable bonds is 7. The van der Waals surface area contributed by atoms with E-state index in [1.54, 1.807) is 43.5 Å². The van der Waals surface area contributed by atoms with Crippen molar-refractivity contribution >= 4 is 28.7 Å². The van der Waals surface area contributed by atoms with E-state index in [9.17, 15) is 14.9 Å². The van der Waals surface area contributed by atoms with Gasteiger partial charge >= 0.3 is 0 Å². The number of ether oxygens (including phenoxy) is 1. The molecule has 1 heterocycles. The zero-order valence-electron chi connectivity index (χ0n) is 17.8. The number of amides is 1. The molecule has 0 saturated heterocycles. The lowest BCUT2D eigenvalue weighted by Crippen LogP contribution is -2.19. The number of benzene rings is 3. The number of nitro benzene ring substituents is 1. The highest BCUT2D eigenvalue weighted by atomic mass is 16.6. The lowest BCUT2D eigenvalue weighted by molar-refractivity contribution is -0.384. The molecule has 33 heavy (non-hydrogen) atoms. The second kappa shape index (κ2) is 9.69. The number of hydrazone groups is 1. The van der Waals surface area contributed by atoms with Crippen molar-refractivity contribution in [3.8, 4) is 5.75 Å². The number of hydrogen-bond acceptors (Lipinski definition) is 6. The molecule has 0 radical (unpaired) electrons. The van der Waals surface area contributed by atoms with Gasteiger partial charge in [0.25, 0.3) is 11.6 Å². The Labute approximate surface area is 189 Å². The van der Waals surface area contributed by atoms with Gasteiger partial charge in [-0.15, -0.1) is 0 Å². The van der Waals surface area contributed by atoms with E-state index in [2.05, 4.69) is 15.5 Å². The van der Waals surface area contributed by atoms with Gasteiger partial charge in [0.15, 0.2) is 0 Å². The van der Waals surface area contributed by atoms with Gasteiger partial charge in [-0.25, -0.2) is 5.43 Å². The summed E-state index contributed by atoms with van der Waals surface area (Å²) in [6, 6.07) is 22.8. The molecule has 4 rings (SSSR count). The molecule has 0 spiro atoms. The first kappa shape index (κ1) is 21.6. The molecule has 8 heteroatoms. The lowest BCUT2D eigenvalue weighted by Gasteiger charge is -2.07. The fraction of sp³-hybridized carbons (Fsp3) is 0.0800. The van der Waals surface area contributed by atoms with Crippen LogP contribution in [0.5, 0.6) is 5.75 Å². The minimum Gasteiger partial charge on any atom is -0.489 e. The number of fused-ring (bicyclic) bond motifs is 1. The molecule has 1 N–H and O–H groups in total. The van der Waals surface area contributed by atoms with Gasteiger partial charge in [-0.1, -0.05) is 18.2 Å². The molecule has 8 nitrogen and oxygen atoms in total. The standard InChI is InChI=1S/C25H20N4O4/c1-17-23(14-20-4-2-3-5-24(20)27-17)25(30)28-26-15-18-8-12-22(13-9-18)33-16-19-6-10-21(11-7-19)29(31)32/h2-15H,16H2,1H3,(H,28,30)/b26-15+. The van der Waals surface area contributed by atoms with Crippen molar-refractivity contribution in [3.63, 3.8) is 0 Å². The number of nitrogens with zero attached hydrogens (tertiary/aromatic N) is 3. The highest BCUT2D eigenvalue weighted by molar-refractivity contribution is 5.99. The molecule has 164 valence electrons. The van der Waals surface area contributed by atoms with Crippen LogP contribution >= 0.6 is 0 Å². The first-order valence-corrected chi connectivity index (χ1v) is 10.2. The van der Waals surface area contributed by atoms with Crippen molar-refractivity contribution in [3.05, 3.63) is 111 Å². The number of aromatic nitrogens is 1. The van der Waals surface area contributed by atoms with Crippen LogP contribution in [0.3, 0.4) is 0 Å². The molecule has 0 bridgehead atoms. The Morgan fingerprint density at radius 1 is 1.09 bits per heavy atom. The van der Waals surface area contributed by atoms with E-state index >= 15 is 0 Å². The van der Waals surface area contributed by atoms with Crippen LogP contribution in [0.25, 0.3) is 10.9 Å². The summed E-state index contributed by atoms with van der Waals surface area (Å²) in [5.41, 5.74) is 6.14. The third-order valence-electron chi connectivity index (χ3n) is 4.97. The number of nitrogens with one attached hydrogen (secondary N) is 1. The molecule has 0 saturated carbocycles. The minimum atomic E-state index is -0.437. The van der Waals surface area contributed by atoms with Crippen LogP contribution in [0.1, 0.15) is 27.2 Å². The molecule has 0 unspecified atom stereocenters. The van der Waals surface area contributed by atoms with Gasteiger partial charge in [-0.2, -0.15) is 5.10 Å². The Hall–Kier alpha value is -4.59. The number of nitro groups is 1. The summed E-state index contributed by atoms with van der Waals surface area (Å²) < 4.78 is 5.71. The molecule has 0 fully saturated rings. The van der Waals surface area contributed by atoms with Gasteiger partial charge in [0, 0.05) is 17.5 Å². The van der Waals surface area contributed by atoms with Crippen molar-refractivity contribution in [2.24, 2.45) is 5.10 Å². The zero-order chi connectivity index (χ0) is 23.2. The first-order valence-electron chi connectivity index (χ1n) is 10.2. The van der Waals surface area contributed by atoms with Crippen LogP contribution in [0.2, 0.25) is 0 Å². The Balaban J connectivity index is 1.33. The van der Waals surface area contributed by atoms with Crippen molar-refractivity contribution in [2.75, 3.05) is 0 Å². The number of aryl methyl sites for hydroxylation is 1. The molecule has 1 amide bonds. The van der Waals surface area contributed by atoms with Crippen LogP contribution in [-0.2, 0) is 6.61 Å². The van der Waals surface area contributed by atoms with E-state index in [0.717, 1.165) is 22.0 Å². The Morgan fingerprint density at radius 3 is 2.55 bits per heavy atom. The van der Waals surface area contributed by atoms with Crippen LogP contribution in [0.4, 0.5) is 5.69 Å². The Kier molecular flexibility index (Phi) is 6.36. The van der Waals surface area contributed by atoms with Crippen molar-refractivity contribution in [2.45, 2.75) is 13.5 Å². The van der Waals surface area contributed by atoms with Crippen LogP contribution in [0.15, 0.2) is 84.0 Å². The van der Waals surface area contributed by atoms with E-state index in [4.69, 9.17) is 4.74 Å². The summed E-state index contributed by atoms with van der Waals surface area (Å²) in [7, 11) is 0. The van der Waals surface area contributed by atoms with Crippen LogP contribution in [-0.4, -0.2) is 22.0 Å². The summed E-state index contributed by atoms with van der Waals surface area (Å²) in [5.74, 6) is 0.317. The fourth-order valence-corrected chi connectivity index (χ4v) is 3.20. The molecule has 0 aliphatic carbocycles. The highest BCUT2D eigenvalue weighted by Gasteiger charge is 2.11. The van der Waals surface area contributed by atoms with E-state index in [1.165, 1.54) is 12.1 Å². The van der Waals surface area contributed by atoms with Crippen LogP contribution < -0.4 is 10.2 Å². The molecular formula is C25H20N4O4. The topological polar surface area (TPSA) is 107 Å². The van der Waals surface area contributed by atoms with E-state index in [0.29, 0.717) is 23.6 Å². The fourth-order valence-electron chi connectivity index (χ4n) is 3.20. The molecule has 4 aromatic rings. The molecule has 3 aromatic carbocycles. The maximum Gasteiger partial charge on any atom is 0.273 e. The summed E-state index contributed by atoms with van der Waals surface area (Å²) in [6.45, 7) is 2.08. The summed E-state index contributed by atoms with van der Waals surface area (Å²) in [6.07, 6.45) is 1.54. The van der Waals surface area contributed by atoms with Gasteiger partial charge in [-0.05, 0) is 66.6 Å². The minimum absolute atomic E-state index is 0.0431. The maximum atomic E-state index is 12.5. The second-order valence-electron chi connectivity index (χ2n) is 7.29. The second-order valence-corrected chi connectivity index (χ2v) is 7.29. The van der Waals surface area contributed by atoms with Gasteiger partial charge in [0.05, 0.1) is 27.9 Å². The van der Waals surface area contributed by atoms with Crippen LogP contribution in [0, 0.1) is 17.0 Å². The van der Waals surface area contributed by atoms with Gasteiger partial charge in [0.2, 0.25) is 0 Å². The number of non-ortho nitro benzene ring substituents is 1. The molecule has 0 aliphatic heterocycles. The average molecular weight is 440 g/mol. The summed E-state index contributed by atoms with van der Waals surface area (Å²) in [5, 5.41) is 15.6. The zero-order valence-corrected chi connectivity index (χ0v) is 17.8. The predicted octanol–water partition coefficient (Wildman–Crippen LogP) is 4.79. The number of pyridine rings is 1. The number of carbonyl (C=O) groups excluding carboxylic acids is 1. The third kappa shape index (κ3) is 5.37. The largest absolute Gasteiger partial charge is 0.489 e. The molecule has 0 atom stereocenters. The van der Waals surface area contributed by atoms with Crippen molar-refractivity contribution in [1.29, 1.82) is 0 Å². The molecular weight excluding hydrogens is 420 g/mol. The monoisotopic (exact) mass is 440 g/mol. The molecule has 1 aromatic heterocycles. The van der Waals surface area contributed by atoms with E-state index < -0.39 is 4.92 Å². The predicted molar refractivity (Wildman–Crippen MR) is 125 cm³/mol. The SMILES string of the molecule is Cc1nc2ccccc2cc1C(=O)N/N=C/c1ccc(OCc2ccc([N+](=O)[O-])cc2)cc1. The van der Waals surface area contributed by atoms with Gasteiger partial charge in [-0.3, -0.25) is 19.9 Å². The average Bonchev–Trinajstić information content (AvgIpc) is 2.83. The quantitative estimate of drug-likeness (QED) is 0.252. The summed E-state index contributed by atoms with van der Waals surface area (Å²) >= 11 is 0. The number of carbonyl (C=O) groups is 1. The van der Waals surface area contributed by atoms with Gasteiger partial charge in [0.1, 0.15) is 12.4 Å². The van der Waals surface area contributed by atoms with E-state index in [-0.39, 0.29) is 11.6 Å². The number of para-hydroxylation sites is 1. The van der Waals surface area contributed by atoms with Gasteiger partial charge < -0.3 is 4.74 Å². The van der Waals surface area contributed by atoms with Crippen molar-refractivity contribution in [1.82, 2.24) is 10.4 Å². The lowest BCUT2D eigenvalue weighted by atomic mass is 10.1. The van der Waals surface area contributed by atoms with E-state index in [1.807, 2.05) is 36.4 Å². The highest BCUT2D eigenvalue weighted by Crippen LogP contribution is 2.17. The third-order valence-corrected chi connectivity index (χ3v) is 4.97. The summed E-state index contributed by atoms with van der Waals surface area (Å²) in [4.78, 5) is 27.2.